The van der Waals surface area contributed by atoms with E-state index in [4.69, 9.17) is 27.7 Å². The number of anilines is 8. The molecule has 11 heterocycles. The van der Waals surface area contributed by atoms with Gasteiger partial charge in [-0.15, -0.1) is 17.7 Å². The number of aromatic nitrogens is 3. The molecule has 15 nitrogen and oxygen atoms in total. The van der Waals surface area contributed by atoms with Crippen molar-refractivity contribution in [3.63, 3.8) is 0 Å². The Morgan fingerprint density at radius 2 is 1.27 bits per heavy atom. The van der Waals surface area contributed by atoms with Crippen LogP contribution in [0.1, 0.15) is 83.9 Å². The molecule has 391 valence electrons. The zero-order chi connectivity index (χ0) is 51.6. The van der Waals surface area contributed by atoms with E-state index < -0.39 is 0 Å². The molecule has 0 saturated carbocycles. The van der Waals surface area contributed by atoms with Crippen molar-refractivity contribution in [2.24, 2.45) is 5.92 Å². The summed E-state index contributed by atoms with van der Waals surface area (Å²) >= 11 is 0. The predicted molar refractivity (Wildman–Crippen MR) is 288 cm³/mol. The van der Waals surface area contributed by atoms with Crippen LogP contribution in [0.25, 0.3) is 9.69 Å². The molecule has 1 atom stereocenters. The monoisotopic (exact) mass is 1210 g/mol. The van der Waals surface area contributed by atoms with Crippen molar-refractivity contribution in [1.82, 2.24) is 0 Å². The minimum Gasteiger partial charge on any atom is -0.511 e. The van der Waals surface area contributed by atoms with Gasteiger partial charge in [-0.2, -0.15) is 30.1 Å². The van der Waals surface area contributed by atoms with Crippen molar-refractivity contribution in [3.8, 4) is 23.3 Å². The Morgan fingerprint density at radius 1 is 0.641 bits per heavy atom. The molecule has 8 aliphatic heterocycles. The summed E-state index contributed by atoms with van der Waals surface area (Å²) in [7, 11) is 0. The summed E-state index contributed by atoms with van der Waals surface area (Å²) < 4.78 is 5.27. The summed E-state index contributed by atoms with van der Waals surface area (Å²) in [5, 5.41) is 13.6. The molecule has 16 heteroatoms. The van der Waals surface area contributed by atoms with Crippen LogP contribution in [-0.4, -0.2) is 19.6 Å². The molecule has 15 rings (SSSR count). The quantitative estimate of drug-likeness (QED) is 0.117. The van der Waals surface area contributed by atoms with E-state index in [1.54, 1.807) is 20.4 Å². The van der Waals surface area contributed by atoms with Gasteiger partial charge in [-0.1, -0.05) is 73.1 Å². The van der Waals surface area contributed by atoms with E-state index in [-0.39, 0.29) is 20.1 Å². The van der Waals surface area contributed by atoms with E-state index in [0.29, 0.717) is 40.1 Å². The molecular formula is C62H53IrN12O3-3. The Morgan fingerprint density at radius 3 is 1.97 bits per heavy atom. The van der Waals surface area contributed by atoms with Gasteiger partial charge in [0.1, 0.15) is 12.4 Å². The van der Waals surface area contributed by atoms with E-state index in [2.05, 4.69) is 107 Å². The molecule has 18 bridgehead atoms. The number of fused-ring (bicyclic) bond motifs is 6. The molecule has 4 aromatic carbocycles. The molecule has 0 spiro atoms. The first-order valence-electron chi connectivity index (χ1n) is 26.8. The average Bonchev–Trinajstić information content (AvgIpc) is 4.37. The largest absolute Gasteiger partial charge is 0.511 e. The zero-order valence-electron chi connectivity index (χ0n) is 42.8. The van der Waals surface area contributed by atoms with Gasteiger partial charge in [-0.25, -0.2) is 31.7 Å². The van der Waals surface area contributed by atoms with Crippen LogP contribution in [-0.2, 0) is 58.6 Å². The Labute approximate surface area is 468 Å². The third-order valence-electron chi connectivity index (χ3n) is 16.0. The Kier molecular flexibility index (Phi) is 13.0. The van der Waals surface area contributed by atoms with Crippen LogP contribution in [0.3, 0.4) is 0 Å². The summed E-state index contributed by atoms with van der Waals surface area (Å²) in [6.07, 6.45) is 19.4. The summed E-state index contributed by atoms with van der Waals surface area (Å²) in [6, 6.07) is 38.0. The number of pyridine rings is 3. The van der Waals surface area contributed by atoms with Gasteiger partial charge < -0.3 is 29.8 Å². The second kappa shape index (κ2) is 20.5. The van der Waals surface area contributed by atoms with Crippen molar-refractivity contribution in [2.45, 2.75) is 83.5 Å². The third-order valence-corrected chi connectivity index (χ3v) is 16.0. The van der Waals surface area contributed by atoms with E-state index in [0.717, 1.165) is 166 Å². The topological polar surface area (TPSA) is 100 Å². The summed E-state index contributed by atoms with van der Waals surface area (Å²) in [5.41, 5.74) is 14.4. The molecule has 1 radical (unpaired) electrons. The molecule has 1 unspecified atom stereocenters. The van der Waals surface area contributed by atoms with Crippen molar-refractivity contribution < 1.29 is 48.8 Å². The van der Waals surface area contributed by atoms with E-state index in [1.807, 2.05) is 67.7 Å². The molecular weight excluding hydrogens is 1150 g/mol. The first kappa shape index (κ1) is 49.2. The maximum atomic E-state index is 10.2. The molecule has 1 N–H and O–H groups in total. The van der Waals surface area contributed by atoms with Crippen LogP contribution >= 0.6 is 0 Å². The third kappa shape index (κ3) is 9.11. The van der Waals surface area contributed by atoms with Crippen LogP contribution in [0, 0.1) is 68.6 Å². The number of aryl methyl sites for hydroxylation is 6. The van der Waals surface area contributed by atoms with Gasteiger partial charge in [-0.3, -0.25) is 9.68 Å². The number of nitriles is 1. The Hall–Kier alpha value is -8.35. The second-order valence-electron chi connectivity index (χ2n) is 20.9. The van der Waals surface area contributed by atoms with Crippen LogP contribution < -0.4 is 58.5 Å². The maximum absolute atomic E-state index is 10.2. The Balaban J connectivity index is 0.00000579. The van der Waals surface area contributed by atoms with Crippen LogP contribution in [0.2, 0.25) is 0 Å². The van der Waals surface area contributed by atoms with Gasteiger partial charge in [0.15, 0.2) is 22.7 Å². The van der Waals surface area contributed by atoms with Crippen molar-refractivity contribution in [2.75, 3.05) is 49.5 Å². The number of nitrogens with zero attached hydrogens (tertiary/aromatic N) is 11. The molecule has 78 heavy (non-hydrogen) atoms. The standard InChI is InChI=1S/C62H53N12O3.Ir/c1-64-50-33-52-60-55(35-50)75-70-25-5-11-46(38-70)9-3-8-42-14-16-44-20-26-73-58(31-44)71-40-68(53-29-47(37-63)30-56(76-73)61(53)71)23-4-10-43-18-19-48(49(28-43)13-7-22-67(52)39-66-60)12-6-24-69-41-72-59-32-45(17-15-42)21-27-74(59)77-57-36-51(65-2)34-54(69)62(57)72;/h11,18-21,25-30,33-36,38-42,66H,3-4,6-10,12-17,22-24H2;/q-3;. The summed E-state index contributed by atoms with van der Waals surface area (Å²) in [4.78, 5) is 38.5. The molecule has 8 aliphatic rings. The normalized spacial score (nSPS) is 17.8. The molecule has 0 amide bonds. The van der Waals surface area contributed by atoms with Gasteiger partial charge in [0, 0.05) is 37.5 Å². The van der Waals surface area contributed by atoms with Crippen molar-refractivity contribution in [3.05, 3.63) is 198 Å². The fourth-order valence-electron chi connectivity index (χ4n) is 12.1. The van der Waals surface area contributed by atoms with Gasteiger partial charge in [0.05, 0.1) is 48.5 Å². The van der Waals surface area contributed by atoms with E-state index in [1.165, 1.54) is 16.7 Å². The van der Waals surface area contributed by atoms with Crippen LogP contribution in [0.5, 0.6) is 17.2 Å². The molecule has 0 saturated heterocycles. The van der Waals surface area contributed by atoms with Gasteiger partial charge in [0.2, 0.25) is 28.9 Å². The van der Waals surface area contributed by atoms with E-state index >= 15 is 0 Å². The molecule has 7 aromatic rings. The minimum atomic E-state index is 0. The van der Waals surface area contributed by atoms with Crippen LogP contribution in [0.15, 0.2) is 97.6 Å². The second-order valence-corrected chi connectivity index (χ2v) is 20.9. The molecule has 3 aromatic heterocycles. The maximum Gasteiger partial charge on any atom is 0.228 e. The van der Waals surface area contributed by atoms with Crippen molar-refractivity contribution >= 4 is 57.1 Å². The fourth-order valence-corrected chi connectivity index (χ4v) is 12.1. The predicted octanol–water partition coefficient (Wildman–Crippen LogP) is 10.3. The minimum absolute atomic E-state index is 0. The Bertz CT molecular complexity index is 3680. The van der Waals surface area contributed by atoms with Gasteiger partial charge >= 0.3 is 0 Å². The number of nitrogens with one attached hydrogen (secondary N) is 1. The fraction of sp³-hybridized carbons (Fsp3) is 0.274. The smallest absolute Gasteiger partial charge is 0.228 e. The number of benzene rings is 4. The van der Waals surface area contributed by atoms with Crippen molar-refractivity contribution in [1.29, 1.82) is 5.26 Å². The molecule has 0 aliphatic carbocycles. The van der Waals surface area contributed by atoms with Gasteiger partial charge in [-0.05, 0) is 129 Å². The summed E-state index contributed by atoms with van der Waals surface area (Å²) in [5.74, 6) is 3.89. The zero-order valence-corrected chi connectivity index (χ0v) is 45.2. The van der Waals surface area contributed by atoms with E-state index in [9.17, 15) is 5.26 Å². The molecule has 0 fully saturated rings. The first-order chi connectivity index (χ1) is 37.9. The SMILES string of the molecule is [C-]#[N+]c1cc2c3c(c1)N([CH-]N3)CCCc1cc3ccc1CCCN1[CH-]N4c5c(cc([N+]#[C-])cc51)O[n+]1ccc([c-]c14)CCC(CCCc1c[c-]c[n+](c1)O2)CCc1[c-]c2[n+](cc1)Oc1cc(C#N)cc4c1N2[CH-]N4CCC3.[Ir]. The van der Waals surface area contributed by atoms with Gasteiger partial charge in [0.25, 0.3) is 0 Å². The van der Waals surface area contributed by atoms with Crippen LogP contribution in [0.4, 0.5) is 57.1 Å². The average molecular weight is 1210 g/mol. The number of hydrogen-bond acceptors (Lipinski definition) is 10. The first-order valence-corrected chi connectivity index (χ1v) is 26.8. The summed E-state index contributed by atoms with van der Waals surface area (Å²) in [6.45, 7) is 24.6. The number of hydrogen-bond donors (Lipinski definition) is 1. The number of rotatable bonds is 0.